The Kier molecular flexibility index (Phi) is 7.57. The predicted octanol–water partition coefficient (Wildman–Crippen LogP) is -1.71. The zero-order valence-corrected chi connectivity index (χ0v) is 9.03. The summed E-state index contributed by atoms with van der Waals surface area (Å²) in [5, 5.41) is 11.0. The minimum absolute atomic E-state index is 0.0324. The number of likely N-dealkylation sites (N-methyl/N-ethyl adjacent to an activating group) is 1. The van der Waals surface area contributed by atoms with Gasteiger partial charge in [-0.15, -0.1) is 0 Å². The van der Waals surface area contributed by atoms with Gasteiger partial charge < -0.3 is 21.1 Å². The van der Waals surface area contributed by atoms with Gasteiger partial charge in [-0.2, -0.15) is 0 Å². The first-order chi connectivity index (χ1) is 7.15. The van der Waals surface area contributed by atoms with Gasteiger partial charge in [0.25, 0.3) is 0 Å². The van der Waals surface area contributed by atoms with E-state index in [-0.39, 0.29) is 31.5 Å². The van der Waals surface area contributed by atoms with E-state index >= 15 is 0 Å². The van der Waals surface area contributed by atoms with Crippen LogP contribution in [0, 0.1) is 0 Å². The molecule has 0 spiro atoms. The Hall–Kier alpha value is -1.14. The van der Waals surface area contributed by atoms with E-state index in [1.165, 1.54) is 0 Å². The van der Waals surface area contributed by atoms with E-state index in [4.69, 9.17) is 10.8 Å². The second-order valence-electron chi connectivity index (χ2n) is 3.03. The van der Waals surface area contributed by atoms with Crippen molar-refractivity contribution in [2.75, 3.05) is 32.8 Å². The number of amides is 2. The van der Waals surface area contributed by atoms with Crippen molar-refractivity contribution in [1.82, 2.24) is 10.2 Å². The van der Waals surface area contributed by atoms with Crippen LogP contribution in [0.15, 0.2) is 0 Å². The number of nitrogens with one attached hydrogen (secondary N) is 1. The van der Waals surface area contributed by atoms with Crippen molar-refractivity contribution >= 4 is 11.8 Å². The summed E-state index contributed by atoms with van der Waals surface area (Å²) < 4.78 is 0. The zero-order chi connectivity index (χ0) is 11.7. The largest absolute Gasteiger partial charge is 0.396 e. The molecule has 0 aromatic rings. The summed E-state index contributed by atoms with van der Waals surface area (Å²) in [6, 6.07) is 0. The highest BCUT2D eigenvalue weighted by Gasteiger charge is 2.11. The fourth-order valence-corrected chi connectivity index (χ4v) is 1.08. The first-order valence-corrected chi connectivity index (χ1v) is 5.01. The molecule has 0 atom stereocenters. The maximum Gasteiger partial charge on any atom is 0.241 e. The van der Waals surface area contributed by atoms with E-state index in [1.807, 2.05) is 6.92 Å². The van der Waals surface area contributed by atoms with Crippen LogP contribution in [-0.4, -0.2) is 54.6 Å². The van der Waals surface area contributed by atoms with Crippen molar-refractivity contribution < 1.29 is 14.7 Å². The van der Waals surface area contributed by atoms with Crippen molar-refractivity contribution in [2.45, 2.75) is 13.3 Å². The van der Waals surface area contributed by atoms with Crippen LogP contribution in [-0.2, 0) is 9.59 Å². The van der Waals surface area contributed by atoms with Gasteiger partial charge in [0.15, 0.2) is 0 Å². The maximum atomic E-state index is 11.5. The molecule has 0 aromatic carbocycles. The van der Waals surface area contributed by atoms with Gasteiger partial charge in [-0.25, -0.2) is 0 Å². The minimum atomic E-state index is -0.346. The molecule has 0 aliphatic carbocycles. The minimum Gasteiger partial charge on any atom is -0.396 e. The van der Waals surface area contributed by atoms with Gasteiger partial charge in [-0.3, -0.25) is 9.59 Å². The van der Waals surface area contributed by atoms with Crippen molar-refractivity contribution in [2.24, 2.45) is 5.73 Å². The number of nitrogens with two attached hydrogens (primary N) is 1. The third kappa shape index (κ3) is 6.03. The molecular weight excluding hydrogens is 198 g/mol. The van der Waals surface area contributed by atoms with Crippen LogP contribution in [0.4, 0.5) is 0 Å². The molecule has 0 fully saturated rings. The summed E-state index contributed by atoms with van der Waals surface area (Å²) in [5.74, 6) is -0.505. The highest BCUT2D eigenvalue weighted by atomic mass is 16.3. The van der Waals surface area contributed by atoms with Gasteiger partial charge in [0.1, 0.15) is 0 Å². The standard InChI is InChI=1S/C9H19N3O3/c1-2-12(4-3-5-13)9(15)7-11-8(14)6-10/h13H,2-7,10H2,1H3,(H,11,14). The molecule has 15 heavy (non-hydrogen) atoms. The molecule has 0 bridgehead atoms. The Morgan fingerprint density at radius 2 is 2.13 bits per heavy atom. The smallest absolute Gasteiger partial charge is 0.241 e. The average molecular weight is 217 g/mol. The number of carbonyl (C=O) groups excluding carboxylic acids is 2. The van der Waals surface area contributed by atoms with Crippen LogP contribution in [0.5, 0.6) is 0 Å². The lowest BCUT2D eigenvalue weighted by Crippen LogP contribution is -2.42. The van der Waals surface area contributed by atoms with E-state index in [9.17, 15) is 9.59 Å². The van der Waals surface area contributed by atoms with Gasteiger partial charge in [-0.05, 0) is 13.3 Å². The highest BCUT2D eigenvalue weighted by molar-refractivity contribution is 5.85. The monoisotopic (exact) mass is 217 g/mol. The third-order valence-corrected chi connectivity index (χ3v) is 1.94. The topological polar surface area (TPSA) is 95.7 Å². The van der Waals surface area contributed by atoms with Crippen molar-refractivity contribution in [1.29, 1.82) is 0 Å². The molecule has 0 aliphatic heterocycles. The van der Waals surface area contributed by atoms with E-state index in [2.05, 4.69) is 5.32 Å². The molecule has 6 nitrogen and oxygen atoms in total. The van der Waals surface area contributed by atoms with Crippen molar-refractivity contribution in [3.05, 3.63) is 0 Å². The van der Waals surface area contributed by atoms with Crippen molar-refractivity contribution in [3.63, 3.8) is 0 Å². The summed E-state index contributed by atoms with van der Waals surface area (Å²) >= 11 is 0. The lowest BCUT2D eigenvalue weighted by Gasteiger charge is -2.20. The van der Waals surface area contributed by atoms with Gasteiger partial charge >= 0.3 is 0 Å². The molecule has 0 rings (SSSR count). The quantitative estimate of drug-likeness (QED) is 0.473. The van der Waals surface area contributed by atoms with Crippen LogP contribution in [0.25, 0.3) is 0 Å². The van der Waals surface area contributed by atoms with E-state index in [1.54, 1.807) is 4.90 Å². The summed E-state index contributed by atoms with van der Waals surface area (Å²) in [6.45, 7) is 2.83. The molecule has 0 radical (unpaired) electrons. The summed E-state index contributed by atoms with van der Waals surface area (Å²) in [7, 11) is 0. The van der Waals surface area contributed by atoms with Gasteiger partial charge in [0.2, 0.25) is 11.8 Å². The SMILES string of the molecule is CCN(CCCO)C(=O)CNC(=O)CN. The van der Waals surface area contributed by atoms with Crippen LogP contribution in [0.1, 0.15) is 13.3 Å². The number of carbonyl (C=O) groups is 2. The number of nitrogens with zero attached hydrogens (tertiary/aromatic N) is 1. The summed E-state index contributed by atoms with van der Waals surface area (Å²) in [5.41, 5.74) is 5.08. The summed E-state index contributed by atoms with van der Waals surface area (Å²) in [6.07, 6.45) is 0.546. The fraction of sp³-hybridized carbons (Fsp3) is 0.778. The Balaban J connectivity index is 3.87. The maximum absolute atomic E-state index is 11.5. The molecule has 0 heterocycles. The number of hydrogen-bond donors (Lipinski definition) is 3. The van der Waals surface area contributed by atoms with Gasteiger partial charge in [0.05, 0.1) is 13.1 Å². The fourth-order valence-electron chi connectivity index (χ4n) is 1.08. The first kappa shape index (κ1) is 13.9. The Bertz CT molecular complexity index is 209. The molecule has 88 valence electrons. The Morgan fingerprint density at radius 3 is 2.60 bits per heavy atom. The van der Waals surface area contributed by atoms with Crippen LogP contribution < -0.4 is 11.1 Å². The first-order valence-electron chi connectivity index (χ1n) is 5.01. The van der Waals surface area contributed by atoms with E-state index in [0.29, 0.717) is 19.5 Å². The zero-order valence-electron chi connectivity index (χ0n) is 9.03. The lowest BCUT2D eigenvalue weighted by molar-refractivity contribution is -0.132. The molecule has 0 aromatic heterocycles. The van der Waals surface area contributed by atoms with Crippen LogP contribution in [0.2, 0.25) is 0 Å². The van der Waals surface area contributed by atoms with Crippen LogP contribution >= 0.6 is 0 Å². The van der Waals surface area contributed by atoms with Gasteiger partial charge in [0, 0.05) is 19.7 Å². The predicted molar refractivity (Wildman–Crippen MR) is 56.0 cm³/mol. The molecule has 0 aliphatic rings. The normalized spacial score (nSPS) is 9.80. The molecule has 0 unspecified atom stereocenters. The Morgan fingerprint density at radius 1 is 1.47 bits per heavy atom. The molecule has 4 N–H and O–H groups in total. The number of rotatable bonds is 7. The van der Waals surface area contributed by atoms with Gasteiger partial charge in [-0.1, -0.05) is 0 Å². The number of aliphatic hydroxyl groups is 1. The molecule has 2 amide bonds. The second-order valence-corrected chi connectivity index (χ2v) is 3.03. The molecule has 0 saturated carbocycles. The van der Waals surface area contributed by atoms with Crippen LogP contribution in [0.3, 0.4) is 0 Å². The van der Waals surface area contributed by atoms with E-state index in [0.717, 1.165) is 0 Å². The number of hydrogen-bond acceptors (Lipinski definition) is 4. The highest BCUT2D eigenvalue weighted by Crippen LogP contribution is 1.91. The second kappa shape index (κ2) is 8.19. The molecule has 6 heteroatoms. The summed E-state index contributed by atoms with van der Waals surface area (Å²) in [4.78, 5) is 23.9. The Labute approximate surface area is 89.4 Å². The molecular formula is C9H19N3O3. The lowest BCUT2D eigenvalue weighted by atomic mass is 10.3. The molecule has 0 saturated heterocycles. The average Bonchev–Trinajstić information content (AvgIpc) is 2.26. The van der Waals surface area contributed by atoms with Crippen molar-refractivity contribution in [3.8, 4) is 0 Å². The van der Waals surface area contributed by atoms with E-state index < -0.39 is 0 Å². The number of aliphatic hydroxyl groups excluding tert-OH is 1. The third-order valence-electron chi connectivity index (χ3n) is 1.94.